The maximum atomic E-state index is 2.82. The van der Waals surface area contributed by atoms with Crippen LogP contribution in [0.2, 0.25) is 23.7 Å². The van der Waals surface area contributed by atoms with Crippen molar-refractivity contribution in [3.05, 3.63) is 48.6 Å². The zero-order valence-electron chi connectivity index (χ0n) is 14.4. The van der Waals surface area contributed by atoms with Gasteiger partial charge in [0.05, 0.1) is 8.07 Å². The summed E-state index contributed by atoms with van der Waals surface area (Å²) in [6, 6.07) is 1.62. The van der Waals surface area contributed by atoms with Gasteiger partial charge in [-0.1, -0.05) is 74.0 Å². The van der Waals surface area contributed by atoms with Crippen molar-refractivity contribution in [1.82, 2.24) is 0 Å². The van der Waals surface area contributed by atoms with Gasteiger partial charge in [-0.2, -0.15) is 0 Å². The van der Waals surface area contributed by atoms with Gasteiger partial charge >= 0.3 is 0 Å². The lowest BCUT2D eigenvalue weighted by Crippen LogP contribution is -2.45. The van der Waals surface area contributed by atoms with Crippen molar-refractivity contribution in [2.45, 2.75) is 55.8 Å². The number of hydrogen-bond acceptors (Lipinski definition) is 0. The number of rotatable bonds is 1. The molecule has 23 heavy (non-hydrogen) atoms. The SMILES string of the molecule is C[Si]1(C2CC3C=CC=CC3C2)CCCC2C3C=CC=CC3CC21. The van der Waals surface area contributed by atoms with Crippen molar-refractivity contribution < 1.29 is 0 Å². The van der Waals surface area contributed by atoms with Crippen LogP contribution < -0.4 is 0 Å². The average Bonchev–Trinajstić information content (AvgIpc) is 3.17. The van der Waals surface area contributed by atoms with Gasteiger partial charge < -0.3 is 0 Å². The van der Waals surface area contributed by atoms with E-state index >= 15 is 0 Å². The topological polar surface area (TPSA) is 0 Å². The van der Waals surface area contributed by atoms with E-state index in [4.69, 9.17) is 0 Å². The Morgan fingerprint density at radius 1 is 0.783 bits per heavy atom. The van der Waals surface area contributed by atoms with Gasteiger partial charge in [-0.15, -0.1) is 0 Å². The van der Waals surface area contributed by atoms with E-state index in [1.54, 1.807) is 6.04 Å². The molecule has 5 rings (SSSR count). The summed E-state index contributed by atoms with van der Waals surface area (Å²) in [6.07, 6.45) is 27.0. The van der Waals surface area contributed by atoms with E-state index in [9.17, 15) is 0 Å². The van der Waals surface area contributed by atoms with Gasteiger partial charge in [0.25, 0.3) is 0 Å². The summed E-state index contributed by atoms with van der Waals surface area (Å²) in [5.41, 5.74) is 2.20. The third kappa shape index (κ3) is 2.15. The molecule has 1 aliphatic heterocycles. The standard InChI is InChI=1S/C22H30Si/c1-23(19-13-16-7-2-3-8-17(16)14-19)12-6-11-21-20-10-5-4-9-18(20)15-22(21)23/h2-5,7-10,16-22H,6,11-15H2,1H3. The number of hydrogen-bond donors (Lipinski definition) is 0. The first-order valence-corrected chi connectivity index (χ1v) is 12.8. The molecular weight excluding hydrogens is 292 g/mol. The van der Waals surface area contributed by atoms with Gasteiger partial charge in [-0.3, -0.25) is 0 Å². The molecule has 7 atom stereocenters. The minimum absolute atomic E-state index is 0.873. The second kappa shape index (κ2) is 5.34. The van der Waals surface area contributed by atoms with E-state index in [1.807, 2.05) is 0 Å². The van der Waals surface area contributed by atoms with Crippen LogP contribution in [-0.2, 0) is 0 Å². The first kappa shape index (κ1) is 14.5. The monoisotopic (exact) mass is 322 g/mol. The number of allylic oxidation sites excluding steroid dienone is 8. The summed E-state index contributed by atoms with van der Waals surface area (Å²) < 4.78 is 0. The van der Waals surface area contributed by atoms with Crippen molar-refractivity contribution in [2.75, 3.05) is 0 Å². The molecule has 0 aromatic carbocycles. The minimum atomic E-state index is -1.15. The van der Waals surface area contributed by atoms with Crippen LogP contribution in [-0.4, -0.2) is 8.07 Å². The first-order valence-electron chi connectivity index (χ1n) is 9.96. The smallest absolute Gasteiger partial charge is 0.0570 e. The van der Waals surface area contributed by atoms with E-state index in [2.05, 4.69) is 55.2 Å². The molecule has 122 valence electrons. The van der Waals surface area contributed by atoms with Crippen LogP contribution in [0, 0.1) is 29.6 Å². The van der Waals surface area contributed by atoms with E-state index < -0.39 is 8.07 Å². The normalized spacial score (nSPS) is 53.2. The maximum absolute atomic E-state index is 2.82. The van der Waals surface area contributed by atoms with E-state index in [0.29, 0.717) is 0 Å². The van der Waals surface area contributed by atoms with Crippen molar-refractivity contribution >= 4 is 8.07 Å². The Kier molecular flexibility index (Phi) is 3.37. The third-order valence-electron chi connectivity index (χ3n) is 8.36. The molecule has 5 aliphatic rings. The quantitative estimate of drug-likeness (QED) is 0.509. The molecule has 1 heterocycles. The molecule has 1 heteroatoms. The van der Waals surface area contributed by atoms with Crippen LogP contribution in [0.15, 0.2) is 48.6 Å². The summed E-state index contributed by atoms with van der Waals surface area (Å²) in [5, 5.41) is 0. The Labute approximate surface area is 142 Å². The molecule has 0 nitrogen and oxygen atoms in total. The molecule has 2 saturated carbocycles. The fraction of sp³-hybridized carbons (Fsp3) is 0.636. The van der Waals surface area contributed by atoms with Gasteiger partial charge in [0.2, 0.25) is 0 Å². The van der Waals surface area contributed by atoms with Crippen LogP contribution >= 0.6 is 0 Å². The second-order valence-corrected chi connectivity index (χ2v) is 14.3. The highest BCUT2D eigenvalue weighted by Gasteiger charge is 2.56. The highest BCUT2D eigenvalue weighted by Crippen LogP contribution is 2.63. The fourth-order valence-electron chi connectivity index (χ4n) is 7.16. The van der Waals surface area contributed by atoms with Gasteiger partial charge in [0, 0.05) is 0 Å². The van der Waals surface area contributed by atoms with Crippen molar-refractivity contribution in [1.29, 1.82) is 0 Å². The molecule has 1 saturated heterocycles. The van der Waals surface area contributed by atoms with Crippen LogP contribution in [0.3, 0.4) is 0 Å². The first-order chi connectivity index (χ1) is 11.3. The lowest BCUT2D eigenvalue weighted by Gasteiger charge is -2.47. The van der Waals surface area contributed by atoms with E-state index in [0.717, 1.165) is 40.7 Å². The molecule has 0 aromatic rings. The molecule has 3 fully saturated rings. The molecule has 0 N–H and O–H groups in total. The van der Waals surface area contributed by atoms with Crippen LogP contribution in [0.25, 0.3) is 0 Å². The zero-order valence-corrected chi connectivity index (χ0v) is 15.4. The Bertz CT molecular complexity index is 577. The Balaban J connectivity index is 1.43. The number of fused-ring (bicyclic) bond motifs is 4. The highest BCUT2D eigenvalue weighted by atomic mass is 28.3. The van der Waals surface area contributed by atoms with Gasteiger partial charge in [-0.25, -0.2) is 0 Å². The summed E-state index contributed by atoms with van der Waals surface area (Å²) in [7, 11) is -1.15. The molecule has 7 unspecified atom stereocenters. The summed E-state index contributed by atoms with van der Waals surface area (Å²) >= 11 is 0. The zero-order chi connectivity index (χ0) is 15.4. The molecule has 0 aromatic heterocycles. The lowest BCUT2D eigenvalue weighted by molar-refractivity contribution is 0.369. The van der Waals surface area contributed by atoms with Crippen LogP contribution in [0.5, 0.6) is 0 Å². The highest BCUT2D eigenvalue weighted by molar-refractivity contribution is 6.81. The van der Waals surface area contributed by atoms with E-state index in [1.165, 1.54) is 32.1 Å². The lowest BCUT2D eigenvalue weighted by atomic mass is 9.84. The Hall–Kier alpha value is -0.823. The largest absolute Gasteiger partial charge is 0.0808 e. The van der Waals surface area contributed by atoms with Gasteiger partial charge in [-0.05, 0) is 59.9 Å². The van der Waals surface area contributed by atoms with Crippen LogP contribution in [0.1, 0.15) is 32.1 Å². The molecule has 0 amide bonds. The molecule has 0 spiro atoms. The molecular formula is C22H30Si. The molecule has 0 bridgehead atoms. The minimum Gasteiger partial charge on any atom is -0.0808 e. The summed E-state index contributed by atoms with van der Waals surface area (Å²) in [5.74, 6) is 4.54. The van der Waals surface area contributed by atoms with Gasteiger partial charge in [0.1, 0.15) is 0 Å². The Morgan fingerprint density at radius 3 is 2.17 bits per heavy atom. The van der Waals surface area contributed by atoms with Crippen molar-refractivity contribution in [2.24, 2.45) is 29.6 Å². The fourth-order valence-corrected chi connectivity index (χ4v) is 13.3. The van der Waals surface area contributed by atoms with Crippen molar-refractivity contribution in [3.63, 3.8) is 0 Å². The predicted octanol–water partition coefficient (Wildman–Crippen LogP) is 6.13. The predicted molar refractivity (Wildman–Crippen MR) is 101 cm³/mol. The van der Waals surface area contributed by atoms with E-state index in [-0.39, 0.29) is 0 Å². The van der Waals surface area contributed by atoms with Crippen LogP contribution in [0.4, 0.5) is 0 Å². The molecule has 0 radical (unpaired) electrons. The summed E-state index contributed by atoms with van der Waals surface area (Å²) in [4.78, 5) is 0. The van der Waals surface area contributed by atoms with Crippen molar-refractivity contribution in [3.8, 4) is 0 Å². The average molecular weight is 323 g/mol. The summed E-state index contributed by atoms with van der Waals surface area (Å²) in [6.45, 7) is 2.82. The maximum Gasteiger partial charge on any atom is 0.0570 e. The van der Waals surface area contributed by atoms with Gasteiger partial charge in [0.15, 0.2) is 0 Å². The Morgan fingerprint density at radius 2 is 1.43 bits per heavy atom. The molecule has 4 aliphatic carbocycles. The third-order valence-corrected chi connectivity index (χ3v) is 14.5. The second-order valence-electron chi connectivity index (χ2n) is 9.18.